The summed E-state index contributed by atoms with van der Waals surface area (Å²) in [6, 6.07) is 12.6. The molecule has 1 aliphatic rings. The Morgan fingerprint density at radius 1 is 1.11 bits per heavy atom. The van der Waals surface area contributed by atoms with Crippen LogP contribution in [0.4, 0.5) is 4.39 Å². The Kier molecular flexibility index (Phi) is 7.41. The van der Waals surface area contributed by atoms with Crippen molar-refractivity contribution in [3.05, 3.63) is 87.9 Å². The number of nitrogens with zero attached hydrogens (tertiary/aromatic N) is 2. The lowest BCUT2D eigenvalue weighted by Crippen LogP contribution is -2.34. The molecule has 0 bridgehead atoms. The molecule has 4 rings (SSSR count). The summed E-state index contributed by atoms with van der Waals surface area (Å²) in [5.74, 6) is -2.64. The lowest BCUT2D eigenvalue weighted by molar-refractivity contribution is 0.0783. The largest absolute Gasteiger partial charge is 0.380 e. The van der Waals surface area contributed by atoms with E-state index in [1.165, 1.54) is 55.6 Å². The molecule has 2 aromatic carbocycles. The summed E-state index contributed by atoms with van der Waals surface area (Å²) >= 11 is 0. The maximum absolute atomic E-state index is 13.5. The lowest BCUT2D eigenvalue weighted by atomic mass is 10.1. The maximum Gasteiger partial charge on any atom is 0.339 e. The van der Waals surface area contributed by atoms with E-state index in [1.54, 1.807) is 6.07 Å². The second kappa shape index (κ2) is 10.5. The smallest absolute Gasteiger partial charge is 0.339 e. The van der Waals surface area contributed by atoms with Gasteiger partial charge in [-0.25, -0.2) is 9.37 Å². The molecule has 0 amide bonds. The zero-order valence-electron chi connectivity index (χ0n) is 19.3. The zero-order chi connectivity index (χ0) is 25.9. The van der Waals surface area contributed by atoms with Crippen LogP contribution in [0.25, 0.3) is 0 Å². The van der Waals surface area contributed by atoms with Gasteiger partial charge < -0.3 is 8.92 Å². The molecular formula is C25H23FN2O7S. The Labute approximate surface area is 206 Å². The number of rotatable bonds is 8. The van der Waals surface area contributed by atoms with Gasteiger partial charge in [0.2, 0.25) is 5.75 Å². The van der Waals surface area contributed by atoms with Crippen LogP contribution in [0, 0.1) is 5.82 Å². The van der Waals surface area contributed by atoms with Crippen LogP contribution in [0.5, 0.6) is 5.75 Å². The second-order valence-corrected chi connectivity index (χ2v) is 9.79. The molecule has 36 heavy (non-hydrogen) atoms. The highest BCUT2D eigenvalue weighted by molar-refractivity contribution is 7.87. The normalized spacial score (nSPS) is 15.7. The van der Waals surface area contributed by atoms with Crippen molar-refractivity contribution in [2.75, 3.05) is 7.11 Å². The fraction of sp³-hybridized carbons (Fsp3) is 0.280. The summed E-state index contributed by atoms with van der Waals surface area (Å²) in [5.41, 5.74) is -0.867. The van der Waals surface area contributed by atoms with E-state index in [0.29, 0.717) is 12.0 Å². The van der Waals surface area contributed by atoms with Crippen LogP contribution >= 0.6 is 0 Å². The molecule has 0 N–H and O–H groups in total. The van der Waals surface area contributed by atoms with E-state index in [9.17, 15) is 27.2 Å². The van der Waals surface area contributed by atoms with Crippen LogP contribution < -0.4 is 9.74 Å². The number of aromatic nitrogens is 2. The standard InChI is InChI=1S/C25H23FN2O7S/c1-34-18-12-14-21(30)24-27-22(20(29)13-9-16-7-10-17(26)11-8-16)23(25(31)28(24)15-18)35-36(32,33)19-5-3-2-4-6-19/h2-8,10-11,18H,9,12-15H2,1H3/t18-/m0/s1. The van der Waals surface area contributed by atoms with Crippen molar-refractivity contribution in [3.63, 3.8) is 0 Å². The predicted octanol–water partition coefficient (Wildman–Crippen LogP) is 2.96. The zero-order valence-corrected chi connectivity index (χ0v) is 20.2. The Morgan fingerprint density at radius 3 is 2.47 bits per heavy atom. The van der Waals surface area contributed by atoms with Crippen LogP contribution in [-0.2, 0) is 27.8 Å². The number of benzene rings is 2. The summed E-state index contributed by atoms with van der Waals surface area (Å²) in [6.45, 7) is -0.0603. The van der Waals surface area contributed by atoms with Crippen molar-refractivity contribution in [3.8, 4) is 5.75 Å². The minimum atomic E-state index is -4.50. The van der Waals surface area contributed by atoms with E-state index in [0.717, 1.165) is 4.57 Å². The molecule has 3 aromatic rings. The molecule has 0 unspecified atom stereocenters. The number of aryl methyl sites for hydroxylation is 1. The van der Waals surface area contributed by atoms with Gasteiger partial charge in [0.05, 0.1) is 12.6 Å². The first-order chi connectivity index (χ1) is 17.2. The quantitative estimate of drug-likeness (QED) is 0.332. The molecule has 0 spiro atoms. The number of hydrogen-bond donors (Lipinski definition) is 0. The minimum Gasteiger partial charge on any atom is -0.380 e. The van der Waals surface area contributed by atoms with Gasteiger partial charge in [-0.15, -0.1) is 0 Å². The Balaban J connectivity index is 1.78. The van der Waals surface area contributed by atoms with Crippen LogP contribution in [0.3, 0.4) is 0 Å². The highest BCUT2D eigenvalue weighted by atomic mass is 32.2. The van der Waals surface area contributed by atoms with Gasteiger partial charge in [-0.1, -0.05) is 30.3 Å². The highest BCUT2D eigenvalue weighted by Gasteiger charge is 2.32. The third-order valence-electron chi connectivity index (χ3n) is 5.83. The number of fused-ring (bicyclic) bond motifs is 1. The minimum absolute atomic E-state index is 0.0384. The van der Waals surface area contributed by atoms with Crippen molar-refractivity contribution in [1.29, 1.82) is 0 Å². The molecule has 0 saturated carbocycles. The van der Waals surface area contributed by atoms with E-state index in [1.807, 2.05) is 0 Å². The van der Waals surface area contributed by atoms with Gasteiger partial charge in [0.25, 0.3) is 5.56 Å². The molecule has 0 saturated heterocycles. The molecule has 9 nitrogen and oxygen atoms in total. The average molecular weight is 515 g/mol. The number of carbonyl (C=O) groups is 2. The van der Waals surface area contributed by atoms with E-state index in [2.05, 4.69) is 4.98 Å². The summed E-state index contributed by atoms with van der Waals surface area (Å²) in [6.07, 6.45) is -0.142. The SMILES string of the molecule is CO[C@H]1CCC(=O)c2nc(C(=O)CCc3ccc(F)cc3)c(OS(=O)(=O)c3ccccc3)c(=O)n2C1. The van der Waals surface area contributed by atoms with Gasteiger partial charge in [0, 0.05) is 20.0 Å². The average Bonchev–Trinajstić information content (AvgIpc) is 3.04. The lowest BCUT2D eigenvalue weighted by Gasteiger charge is -2.17. The fourth-order valence-electron chi connectivity index (χ4n) is 3.85. The maximum atomic E-state index is 13.5. The van der Waals surface area contributed by atoms with Gasteiger partial charge >= 0.3 is 10.1 Å². The summed E-state index contributed by atoms with van der Waals surface area (Å²) in [7, 11) is -3.06. The predicted molar refractivity (Wildman–Crippen MR) is 126 cm³/mol. The number of carbonyl (C=O) groups excluding carboxylic acids is 2. The van der Waals surface area contributed by atoms with Crippen molar-refractivity contribution in [2.45, 2.75) is 43.2 Å². The van der Waals surface area contributed by atoms with Gasteiger partial charge in [-0.2, -0.15) is 8.42 Å². The molecule has 188 valence electrons. The van der Waals surface area contributed by atoms with E-state index >= 15 is 0 Å². The van der Waals surface area contributed by atoms with Crippen LogP contribution in [0.2, 0.25) is 0 Å². The number of hydrogen-bond acceptors (Lipinski definition) is 8. The number of halogens is 1. The van der Waals surface area contributed by atoms with Crippen molar-refractivity contribution in [2.24, 2.45) is 0 Å². The molecule has 2 heterocycles. The number of ether oxygens (including phenoxy) is 1. The molecular weight excluding hydrogens is 491 g/mol. The molecule has 0 aliphatic carbocycles. The number of methoxy groups -OCH3 is 1. The third kappa shape index (κ3) is 5.42. The van der Waals surface area contributed by atoms with Gasteiger partial charge in [-0.05, 0) is 42.7 Å². The Hall–Kier alpha value is -3.70. The van der Waals surface area contributed by atoms with Gasteiger partial charge in [-0.3, -0.25) is 19.0 Å². The first-order valence-electron chi connectivity index (χ1n) is 11.2. The molecule has 1 atom stereocenters. The van der Waals surface area contributed by atoms with Crippen molar-refractivity contribution >= 4 is 21.7 Å². The van der Waals surface area contributed by atoms with Crippen molar-refractivity contribution in [1.82, 2.24) is 9.55 Å². The first-order valence-corrected chi connectivity index (χ1v) is 12.6. The Morgan fingerprint density at radius 2 is 1.81 bits per heavy atom. The molecule has 1 aliphatic heterocycles. The van der Waals surface area contributed by atoms with Crippen LogP contribution in [0.1, 0.15) is 45.9 Å². The molecule has 1 aromatic heterocycles. The summed E-state index contributed by atoms with van der Waals surface area (Å²) in [5, 5.41) is 0. The topological polar surface area (TPSA) is 122 Å². The first kappa shape index (κ1) is 25.4. The Bertz CT molecular complexity index is 1450. The van der Waals surface area contributed by atoms with E-state index in [-0.39, 0.29) is 36.5 Å². The molecule has 0 radical (unpaired) electrons. The highest BCUT2D eigenvalue weighted by Crippen LogP contribution is 2.23. The van der Waals surface area contributed by atoms with E-state index in [4.69, 9.17) is 8.92 Å². The molecule has 0 fully saturated rings. The van der Waals surface area contributed by atoms with Gasteiger partial charge in [0.15, 0.2) is 23.1 Å². The van der Waals surface area contributed by atoms with Crippen molar-refractivity contribution < 1.29 is 31.3 Å². The van der Waals surface area contributed by atoms with Gasteiger partial charge in [0.1, 0.15) is 10.7 Å². The monoisotopic (exact) mass is 514 g/mol. The summed E-state index contributed by atoms with van der Waals surface area (Å²) < 4.78 is 50.6. The third-order valence-corrected chi connectivity index (χ3v) is 7.07. The van der Waals surface area contributed by atoms with E-state index < -0.39 is 50.6 Å². The summed E-state index contributed by atoms with van der Waals surface area (Å²) in [4.78, 5) is 43.3. The second-order valence-electron chi connectivity index (χ2n) is 8.25. The van der Waals surface area contributed by atoms with Crippen LogP contribution in [-0.4, -0.2) is 42.7 Å². The number of Topliss-reactive ketones (excluding diaryl/α,β-unsaturated/α-hetero) is 2. The molecule has 11 heteroatoms. The number of ketones is 2. The fourth-order valence-corrected chi connectivity index (χ4v) is 4.80. The van der Waals surface area contributed by atoms with Crippen LogP contribution in [0.15, 0.2) is 64.3 Å².